The number of aryl methyl sites for hydroxylation is 6. The maximum absolute atomic E-state index is 4.57. The Morgan fingerprint density at radius 1 is 0.667 bits per heavy atom. The molecule has 0 aliphatic heterocycles. The lowest BCUT2D eigenvalue weighted by Gasteiger charge is -2.04. The monoisotopic (exact) mass is 417 g/mol. The molecule has 0 radical (unpaired) electrons. The Labute approximate surface area is 186 Å². The molecule has 5 nitrogen and oxygen atoms in total. The minimum atomic E-state index is 0.947. The highest BCUT2D eigenvalue weighted by atomic mass is 15.5. The van der Waals surface area contributed by atoms with Gasteiger partial charge in [0.05, 0.1) is 33.8 Å². The van der Waals surface area contributed by atoms with Gasteiger partial charge in [-0.1, -0.05) is 68.4 Å². The van der Waals surface area contributed by atoms with Crippen LogP contribution in [0.15, 0.2) is 18.2 Å². The van der Waals surface area contributed by atoms with Crippen molar-refractivity contribution < 1.29 is 0 Å². The van der Waals surface area contributed by atoms with Gasteiger partial charge in [-0.3, -0.25) is 0 Å². The second-order valence-electron chi connectivity index (χ2n) is 5.46. The lowest BCUT2D eigenvalue weighted by molar-refractivity contribution is 0.646. The van der Waals surface area contributed by atoms with Gasteiger partial charge < -0.3 is 0 Å². The average Bonchev–Trinajstić information content (AvgIpc) is 3.08. The van der Waals surface area contributed by atoms with E-state index in [0.717, 1.165) is 40.2 Å². The number of hydrogen-bond acceptors (Lipinski definition) is 4. The quantitative estimate of drug-likeness (QED) is 0.415. The Balaban J connectivity index is -0.000000390. The zero-order valence-electron chi connectivity index (χ0n) is 22.2. The highest BCUT2D eigenvalue weighted by Gasteiger charge is 2.02. The van der Waals surface area contributed by atoms with E-state index in [1.807, 2.05) is 89.3 Å². The van der Waals surface area contributed by atoms with Crippen LogP contribution in [0.5, 0.6) is 0 Å². The van der Waals surface area contributed by atoms with Crippen LogP contribution >= 0.6 is 0 Å². The van der Waals surface area contributed by atoms with Gasteiger partial charge >= 0.3 is 0 Å². The van der Waals surface area contributed by atoms with Crippen molar-refractivity contribution in [1.29, 1.82) is 0 Å². The molecule has 0 unspecified atom stereocenters. The van der Waals surface area contributed by atoms with Crippen LogP contribution < -0.4 is 0 Å². The van der Waals surface area contributed by atoms with Crippen molar-refractivity contribution in [3.8, 4) is 0 Å². The van der Waals surface area contributed by atoms with Crippen LogP contribution in [0.4, 0.5) is 0 Å². The summed E-state index contributed by atoms with van der Waals surface area (Å²) in [7, 11) is 1.82. The third kappa shape index (κ3) is 11.6. The van der Waals surface area contributed by atoms with Crippen LogP contribution in [-0.4, -0.2) is 25.0 Å². The molecule has 5 heteroatoms. The summed E-state index contributed by atoms with van der Waals surface area (Å²) in [6, 6.07) is 6.19. The van der Waals surface area contributed by atoms with Crippen LogP contribution in [0.1, 0.15) is 90.7 Å². The van der Waals surface area contributed by atoms with Crippen molar-refractivity contribution in [2.45, 2.75) is 96.4 Å². The van der Waals surface area contributed by atoms with Crippen molar-refractivity contribution in [2.75, 3.05) is 0 Å². The summed E-state index contributed by atoms with van der Waals surface area (Å²) in [4.78, 5) is 10.7. The highest BCUT2D eigenvalue weighted by Crippen LogP contribution is 2.14. The van der Waals surface area contributed by atoms with Crippen molar-refractivity contribution in [3.63, 3.8) is 0 Å². The topological polar surface area (TPSA) is 56.5 Å². The first-order valence-corrected chi connectivity index (χ1v) is 11.5. The molecule has 3 rings (SSSR count). The number of rotatable bonds is 1. The Morgan fingerprint density at radius 3 is 1.50 bits per heavy atom. The first kappa shape index (κ1) is 32.4. The van der Waals surface area contributed by atoms with E-state index in [4.69, 9.17) is 0 Å². The predicted octanol–water partition coefficient (Wildman–Crippen LogP) is 7.35. The van der Waals surface area contributed by atoms with E-state index in [0.29, 0.717) is 0 Å². The standard InChI is InChI=1S/C12H14N2.C5H9N3.4C2H6/c1-4-10-9(3)13-12-7-8(2)5-6-11(12)14-10;1-4-5(2)7-8(3)6-4;4*1-2/h5-7H,4H2,1-3H3;1-3H3;4*1-2H3. The molecule has 0 bridgehead atoms. The van der Waals surface area contributed by atoms with Gasteiger partial charge in [0.15, 0.2) is 0 Å². The third-order valence-electron chi connectivity index (χ3n) is 3.54. The summed E-state index contributed by atoms with van der Waals surface area (Å²) in [6.45, 7) is 26.1. The maximum atomic E-state index is 4.57. The van der Waals surface area contributed by atoms with Crippen molar-refractivity contribution in [2.24, 2.45) is 7.05 Å². The van der Waals surface area contributed by atoms with Crippen LogP contribution in [0, 0.1) is 27.7 Å². The molecule has 0 aliphatic carbocycles. The molecule has 0 N–H and O–H groups in total. The van der Waals surface area contributed by atoms with E-state index in [1.54, 1.807) is 4.80 Å². The van der Waals surface area contributed by atoms with Crippen LogP contribution in [-0.2, 0) is 13.5 Å². The smallest absolute Gasteiger partial charge is 0.0892 e. The Kier molecular flexibility index (Phi) is 21.6. The molecule has 1 aromatic carbocycles. The van der Waals surface area contributed by atoms with E-state index >= 15 is 0 Å². The fourth-order valence-electron chi connectivity index (χ4n) is 2.23. The van der Waals surface area contributed by atoms with E-state index in [-0.39, 0.29) is 0 Å². The second kappa shape index (κ2) is 20.0. The van der Waals surface area contributed by atoms with E-state index < -0.39 is 0 Å². The van der Waals surface area contributed by atoms with Crippen LogP contribution in [0.25, 0.3) is 11.0 Å². The fourth-order valence-corrected chi connectivity index (χ4v) is 2.23. The van der Waals surface area contributed by atoms with E-state index in [2.05, 4.69) is 46.1 Å². The normalized spacial score (nSPS) is 8.47. The molecule has 0 saturated heterocycles. The maximum Gasteiger partial charge on any atom is 0.0892 e. The van der Waals surface area contributed by atoms with Gasteiger partial charge in [0.2, 0.25) is 0 Å². The molecule has 0 fully saturated rings. The molecule has 172 valence electrons. The Bertz CT molecular complexity index is 772. The number of fused-ring (bicyclic) bond motifs is 1. The fraction of sp³-hybridized carbons (Fsp3) is 0.600. The van der Waals surface area contributed by atoms with Gasteiger partial charge in [-0.2, -0.15) is 15.0 Å². The summed E-state index contributed by atoms with van der Waals surface area (Å²) in [5.74, 6) is 0. The molecule has 0 saturated carbocycles. The van der Waals surface area contributed by atoms with Crippen molar-refractivity contribution in [3.05, 3.63) is 46.5 Å². The summed E-state index contributed by atoms with van der Waals surface area (Å²) >= 11 is 0. The summed E-state index contributed by atoms with van der Waals surface area (Å²) in [5.41, 5.74) is 7.39. The van der Waals surface area contributed by atoms with Crippen LogP contribution in [0.2, 0.25) is 0 Å². The second-order valence-corrected chi connectivity index (χ2v) is 5.46. The zero-order valence-corrected chi connectivity index (χ0v) is 22.2. The lowest BCUT2D eigenvalue weighted by atomic mass is 10.2. The molecular formula is C25H47N5. The molecule has 2 aromatic heterocycles. The molecule has 0 aliphatic rings. The minimum Gasteiger partial charge on any atom is -0.250 e. The van der Waals surface area contributed by atoms with Gasteiger partial charge in [-0.05, 0) is 51.8 Å². The number of aromatic nitrogens is 5. The van der Waals surface area contributed by atoms with Gasteiger partial charge in [-0.25, -0.2) is 9.97 Å². The molecule has 2 heterocycles. The first-order valence-electron chi connectivity index (χ1n) is 11.5. The first-order chi connectivity index (χ1) is 14.4. The summed E-state index contributed by atoms with van der Waals surface area (Å²) in [5, 5.41) is 8.03. The summed E-state index contributed by atoms with van der Waals surface area (Å²) < 4.78 is 0. The van der Waals surface area contributed by atoms with Crippen molar-refractivity contribution in [1.82, 2.24) is 25.0 Å². The molecule has 0 atom stereocenters. The zero-order chi connectivity index (χ0) is 24.3. The summed E-state index contributed by atoms with van der Waals surface area (Å²) in [6.07, 6.45) is 0.947. The molecule has 30 heavy (non-hydrogen) atoms. The highest BCUT2D eigenvalue weighted by molar-refractivity contribution is 5.75. The SMILES string of the molecule is CC.CC.CC.CC.CCc1nc2ccc(C)cc2nc1C.Cc1nn(C)nc1C. The van der Waals surface area contributed by atoms with Crippen molar-refractivity contribution >= 4 is 11.0 Å². The van der Waals surface area contributed by atoms with Gasteiger partial charge in [0, 0.05) is 7.05 Å². The van der Waals surface area contributed by atoms with Gasteiger partial charge in [-0.15, -0.1) is 0 Å². The molecule has 0 amide bonds. The predicted molar refractivity (Wildman–Crippen MR) is 134 cm³/mol. The number of benzene rings is 1. The number of nitrogens with zero attached hydrogens (tertiary/aromatic N) is 5. The molecular weight excluding hydrogens is 370 g/mol. The largest absolute Gasteiger partial charge is 0.250 e. The van der Waals surface area contributed by atoms with Gasteiger partial charge in [0.1, 0.15) is 0 Å². The van der Waals surface area contributed by atoms with E-state index in [9.17, 15) is 0 Å². The average molecular weight is 418 g/mol. The van der Waals surface area contributed by atoms with Gasteiger partial charge in [0.25, 0.3) is 0 Å². The molecule has 0 spiro atoms. The molecule has 3 aromatic rings. The number of hydrogen-bond donors (Lipinski definition) is 0. The Hall–Kier alpha value is -2.30. The van der Waals surface area contributed by atoms with E-state index in [1.165, 1.54) is 5.56 Å². The minimum absolute atomic E-state index is 0.947. The van der Waals surface area contributed by atoms with Crippen LogP contribution in [0.3, 0.4) is 0 Å². The Morgan fingerprint density at radius 2 is 1.13 bits per heavy atom. The lowest BCUT2D eigenvalue weighted by Crippen LogP contribution is -1.96. The third-order valence-corrected chi connectivity index (χ3v) is 3.54.